The predicted octanol–water partition coefficient (Wildman–Crippen LogP) is 5.56. The SMILES string of the molecule is Cc1ccc(/C(SC(F)(F)F)=C(/SC(F)(F)F)C(=O)O)cc1C. The van der Waals surface area contributed by atoms with E-state index in [1.807, 2.05) is 0 Å². The summed E-state index contributed by atoms with van der Waals surface area (Å²) in [6, 6.07) is 3.80. The molecule has 10 heteroatoms. The van der Waals surface area contributed by atoms with Gasteiger partial charge >= 0.3 is 17.0 Å². The molecule has 0 saturated carbocycles. The second-order valence-corrected chi connectivity index (χ2v) is 6.51. The minimum Gasteiger partial charge on any atom is -0.477 e. The number of carboxylic acid groups (broad SMARTS) is 1. The Kier molecular flexibility index (Phi) is 6.08. The first-order chi connectivity index (χ1) is 10.3. The van der Waals surface area contributed by atoms with Crippen molar-refractivity contribution in [3.8, 4) is 0 Å². The van der Waals surface area contributed by atoms with Gasteiger partial charge in [-0.3, -0.25) is 0 Å². The molecule has 0 amide bonds. The molecule has 0 unspecified atom stereocenters. The van der Waals surface area contributed by atoms with E-state index in [0.29, 0.717) is 11.1 Å². The van der Waals surface area contributed by atoms with Crippen LogP contribution < -0.4 is 0 Å². The van der Waals surface area contributed by atoms with Crippen molar-refractivity contribution < 1.29 is 36.2 Å². The number of aryl methyl sites for hydroxylation is 2. The summed E-state index contributed by atoms with van der Waals surface area (Å²) < 4.78 is 75.5. The molecule has 0 radical (unpaired) electrons. The maximum absolute atomic E-state index is 12.7. The monoisotopic (exact) mass is 376 g/mol. The number of rotatable bonds is 4. The fraction of sp³-hybridized carbons (Fsp3) is 0.308. The van der Waals surface area contributed by atoms with E-state index in [1.165, 1.54) is 12.1 Å². The lowest BCUT2D eigenvalue weighted by Gasteiger charge is -2.16. The Morgan fingerprint density at radius 3 is 1.87 bits per heavy atom. The van der Waals surface area contributed by atoms with Gasteiger partial charge in [0.25, 0.3) is 0 Å². The highest BCUT2D eigenvalue weighted by Gasteiger charge is 2.39. The molecular formula is C13H10F6O2S2. The van der Waals surface area contributed by atoms with Crippen LogP contribution >= 0.6 is 23.5 Å². The summed E-state index contributed by atoms with van der Waals surface area (Å²) in [5.41, 5.74) is -8.94. The number of hydrogen-bond acceptors (Lipinski definition) is 3. The van der Waals surface area contributed by atoms with Gasteiger partial charge in [-0.2, -0.15) is 26.3 Å². The van der Waals surface area contributed by atoms with E-state index in [1.54, 1.807) is 13.8 Å². The first kappa shape index (κ1) is 19.8. The summed E-state index contributed by atoms with van der Waals surface area (Å²) in [6.07, 6.45) is 0. The summed E-state index contributed by atoms with van der Waals surface area (Å²) in [4.78, 5) is 8.67. The van der Waals surface area contributed by atoms with Crippen molar-refractivity contribution in [3.63, 3.8) is 0 Å². The van der Waals surface area contributed by atoms with Crippen LogP contribution in [0.3, 0.4) is 0 Å². The third kappa shape index (κ3) is 6.38. The van der Waals surface area contributed by atoms with E-state index in [-0.39, 0.29) is 5.56 Å². The molecule has 0 bridgehead atoms. The molecule has 2 nitrogen and oxygen atoms in total. The Morgan fingerprint density at radius 1 is 0.957 bits per heavy atom. The second-order valence-electron chi connectivity index (χ2n) is 4.36. The van der Waals surface area contributed by atoms with E-state index in [4.69, 9.17) is 5.11 Å². The molecule has 1 aromatic rings. The van der Waals surface area contributed by atoms with Gasteiger partial charge in [0.15, 0.2) is 0 Å². The Morgan fingerprint density at radius 2 is 1.48 bits per heavy atom. The minimum atomic E-state index is -5.02. The Balaban J connectivity index is 3.56. The van der Waals surface area contributed by atoms with Gasteiger partial charge in [-0.05, 0) is 54.1 Å². The van der Waals surface area contributed by atoms with E-state index < -0.39 is 50.3 Å². The largest absolute Gasteiger partial charge is 0.477 e. The van der Waals surface area contributed by atoms with Crippen LogP contribution in [0.1, 0.15) is 16.7 Å². The number of benzene rings is 1. The summed E-state index contributed by atoms with van der Waals surface area (Å²) in [6.45, 7) is 3.23. The van der Waals surface area contributed by atoms with Gasteiger partial charge in [-0.25, -0.2) is 4.79 Å². The molecule has 0 heterocycles. The maximum Gasteiger partial charge on any atom is 0.446 e. The van der Waals surface area contributed by atoms with Crippen molar-refractivity contribution >= 4 is 34.4 Å². The first-order valence-electron chi connectivity index (χ1n) is 5.87. The molecule has 1 N–H and O–H groups in total. The number of hydrogen-bond donors (Lipinski definition) is 1. The maximum atomic E-state index is 12.7. The normalized spacial score (nSPS) is 13.7. The van der Waals surface area contributed by atoms with Crippen LogP contribution in [0.5, 0.6) is 0 Å². The van der Waals surface area contributed by atoms with Crippen molar-refractivity contribution in [1.82, 2.24) is 0 Å². The second kappa shape index (κ2) is 7.08. The highest BCUT2D eigenvalue weighted by atomic mass is 32.2. The fourth-order valence-electron chi connectivity index (χ4n) is 1.54. The molecule has 0 spiro atoms. The Hall–Kier alpha value is -1.29. The number of aliphatic carboxylic acids is 1. The van der Waals surface area contributed by atoms with Gasteiger partial charge in [0, 0.05) is 4.91 Å². The van der Waals surface area contributed by atoms with Crippen LogP contribution in [0.15, 0.2) is 23.1 Å². The van der Waals surface area contributed by atoms with Gasteiger partial charge in [0.05, 0.1) is 0 Å². The molecule has 0 aliphatic heterocycles. The standard InChI is InChI=1S/C13H10F6O2S2/c1-6-3-4-8(5-7(6)2)9(22-12(14,15)16)10(11(20)21)23-13(17,18)19/h3-5H,1-2H3,(H,20,21)/b10-9-. The van der Waals surface area contributed by atoms with Crippen molar-refractivity contribution in [3.05, 3.63) is 39.8 Å². The van der Waals surface area contributed by atoms with Crippen molar-refractivity contribution in [2.24, 2.45) is 0 Å². The molecule has 0 aromatic heterocycles. The van der Waals surface area contributed by atoms with Gasteiger partial charge in [-0.15, -0.1) is 0 Å². The molecule has 0 atom stereocenters. The number of carbonyl (C=O) groups is 1. The molecule has 128 valence electrons. The molecular weight excluding hydrogens is 366 g/mol. The zero-order chi connectivity index (χ0) is 18.0. The number of thioether (sulfide) groups is 2. The van der Waals surface area contributed by atoms with Crippen LogP contribution in [0.2, 0.25) is 0 Å². The van der Waals surface area contributed by atoms with Crippen LogP contribution in [-0.4, -0.2) is 22.1 Å². The number of alkyl halides is 6. The van der Waals surface area contributed by atoms with Gasteiger partial charge in [0.2, 0.25) is 0 Å². The fourth-order valence-corrected chi connectivity index (χ4v) is 2.97. The zero-order valence-electron chi connectivity index (χ0n) is 11.7. The van der Waals surface area contributed by atoms with Gasteiger partial charge in [-0.1, -0.05) is 18.2 Å². The van der Waals surface area contributed by atoms with Crippen molar-refractivity contribution in [1.29, 1.82) is 0 Å². The van der Waals surface area contributed by atoms with E-state index in [9.17, 15) is 31.1 Å². The summed E-state index contributed by atoms with van der Waals surface area (Å²) in [7, 11) is 0. The van der Waals surface area contributed by atoms with E-state index >= 15 is 0 Å². The van der Waals surface area contributed by atoms with Gasteiger partial charge < -0.3 is 5.11 Å². The predicted molar refractivity (Wildman–Crippen MR) is 77.8 cm³/mol. The highest BCUT2D eigenvalue weighted by Crippen LogP contribution is 2.48. The first-order valence-corrected chi connectivity index (χ1v) is 7.50. The quantitative estimate of drug-likeness (QED) is 0.551. The summed E-state index contributed by atoms with van der Waals surface area (Å²) in [5.74, 6) is -2.07. The lowest BCUT2D eigenvalue weighted by Crippen LogP contribution is -2.10. The third-order valence-electron chi connectivity index (χ3n) is 2.61. The molecule has 1 rings (SSSR count). The molecule has 1 aromatic carbocycles. The summed E-state index contributed by atoms with van der Waals surface area (Å²) >= 11 is -1.95. The number of halogens is 6. The molecule has 0 aliphatic rings. The van der Waals surface area contributed by atoms with Crippen LogP contribution in [0.25, 0.3) is 4.91 Å². The molecule has 0 saturated heterocycles. The van der Waals surface area contributed by atoms with Crippen LogP contribution in [-0.2, 0) is 4.79 Å². The van der Waals surface area contributed by atoms with E-state index in [2.05, 4.69) is 0 Å². The summed E-state index contributed by atoms with van der Waals surface area (Å²) in [5, 5.41) is 8.93. The molecule has 0 aliphatic carbocycles. The van der Waals surface area contributed by atoms with Crippen LogP contribution in [0.4, 0.5) is 26.3 Å². The number of carboxylic acids is 1. The average molecular weight is 376 g/mol. The molecule has 23 heavy (non-hydrogen) atoms. The zero-order valence-corrected chi connectivity index (χ0v) is 13.3. The van der Waals surface area contributed by atoms with Crippen LogP contribution in [0, 0.1) is 13.8 Å². The highest BCUT2D eigenvalue weighted by molar-refractivity contribution is 8.12. The lowest BCUT2D eigenvalue weighted by atomic mass is 10.1. The van der Waals surface area contributed by atoms with Gasteiger partial charge in [0.1, 0.15) is 4.91 Å². The Labute approximate surface area is 135 Å². The average Bonchev–Trinajstić information content (AvgIpc) is 2.34. The third-order valence-corrected chi connectivity index (χ3v) is 4.42. The van der Waals surface area contributed by atoms with E-state index in [0.717, 1.165) is 6.07 Å². The van der Waals surface area contributed by atoms with Crippen molar-refractivity contribution in [2.75, 3.05) is 0 Å². The smallest absolute Gasteiger partial charge is 0.446 e. The Bertz CT molecular complexity index is 634. The minimum absolute atomic E-state index is 0.232. The lowest BCUT2D eigenvalue weighted by molar-refractivity contribution is -0.131. The topological polar surface area (TPSA) is 37.3 Å². The molecule has 0 fully saturated rings. The van der Waals surface area contributed by atoms with Crippen molar-refractivity contribution in [2.45, 2.75) is 24.9 Å².